The molecule has 0 aliphatic carbocycles. The van der Waals surface area contributed by atoms with Crippen LogP contribution in [0.25, 0.3) is 0 Å². The highest BCUT2D eigenvalue weighted by atomic mass is 16.3. The smallest absolute Gasteiger partial charge is 0.153 e. The van der Waals surface area contributed by atoms with E-state index in [2.05, 4.69) is 13.2 Å². The van der Waals surface area contributed by atoms with E-state index < -0.39 is 0 Å². The average Bonchev–Trinajstić information content (AvgIpc) is 2.51. The van der Waals surface area contributed by atoms with Crippen molar-refractivity contribution in [1.82, 2.24) is 0 Å². The Bertz CT molecular complexity index is 500. The molecule has 0 aromatic heterocycles. The molecule has 0 radical (unpaired) electrons. The molecule has 20 heavy (non-hydrogen) atoms. The van der Waals surface area contributed by atoms with Crippen LogP contribution < -0.4 is 0 Å². The van der Waals surface area contributed by atoms with Gasteiger partial charge in [-0.1, -0.05) is 24.3 Å². The van der Waals surface area contributed by atoms with E-state index in [4.69, 9.17) is 10.2 Å². The summed E-state index contributed by atoms with van der Waals surface area (Å²) in [6.45, 7) is 6.00. The van der Waals surface area contributed by atoms with Crippen molar-refractivity contribution >= 4 is 12.6 Å². The first-order valence-corrected chi connectivity index (χ1v) is 5.65. The maximum atomic E-state index is 10.1. The number of hydrogen-bond acceptors (Lipinski definition) is 4. The predicted octanol–water partition coefficient (Wildman–Crippen LogP) is 3.21. The van der Waals surface area contributed by atoms with Crippen molar-refractivity contribution in [2.24, 2.45) is 0 Å². The molecule has 0 spiro atoms. The van der Waals surface area contributed by atoms with Crippen LogP contribution in [0.4, 0.5) is 0 Å². The van der Waals surface area contributed by atoms with Crippen molar-refractivity contribution in [2.45, 2.75) is 0 Å². The summed E-state index contributed by atoms with van der Waals surface area (Å²) in [6.07, 6.45) is 1.24. The first kappa shape index (κ1) is 17.1. The van der Waals surface area contributed by atoms with Crippen LogP contribution in [0.15, 0.2) is 61.7 Å². The molecule has 0 atom stereocenters. The van der Waals surface area contributed by atoms with Crippen LogP contribution in [0.1, 0.15) is 20.7 Å². The van der Waals surface area contributed by atoms with Gasteiger partial charge in [-0.3, -0.25) is 9.59 Å². The SMILES string of the molecule is C=C.O=Cc1ccccc1O.O=Cc1ccccc1O. The summed E-state index contributed by atoms with van der Waals surface area (Å²) in [4.78, 5) is 20.1. The molecule has 104 valence electrons. The topological polar surface area (TPSA) is 74.6 Å². The number of para-hydroxylation sites is 2. The highest BCUT2D eigenvalue weighted by molar-refractivity contribution is 5.79. The second-order valence-corrected chi connectivity index (χ2v) is 3.35. The Hall–Kier alpha value is -2.88. The van der Waals surface area contributed by atoms with Crippen LogP contribution >= 0.6 is 0 Å². The molecule has 4 heteroatoms. The van der Waals surface area contributed by atoms with E-state index in [0.717, 1.165) is 0 Å². The van der Waals surface area contributed by atoms with Gasteiger partial charge >= 0.3 is 0 Å². The number of hydrogen-bond donors (Lipinski definition) is 2. The Kier molecular flexibility index (Phi) is 8.63. The second-order valence-electron chi connectivity index (χ2n) is 3.35. The number of phenols is 2. The van der Waals surface area contributed by atoms with Crippen LogP contribution in [-0.2, 0) is 0 Å². The van der Waals surface area contributed by atoms with E-state index >= 15 is 0 Å². The molecule has 2 N–H and O–H groups in total. The van der Waals surface area contributed by atoms with E-state index in [0.29, 0.717) is 23.7 Å². The summed E-state index contributed by atoms with van der Waals surface area (Å²) in [7, 11) is 0. The molecule has 0 fully saturated rings. The quantitative estimate of drug-likeness (QED) is 0.650. The summed E-state index contributed by atoms with van der Waals surface area (Å²) in [5.74, 6) is 0.0694. The van der Waals surface area contributed by atoms with E-state index in [9.17, 15) is 9.59 Å². The van der Waals surface area contributed by atoms with Gasteiger partial charge in [0.15, 0.2) is 12.6 Å². The van der Waals surface area contributed by atoms with Gasteiger partial charge in [0.25, 0.3) is 0 Å². The fraction of sp³-hybridized carbons (Fsp3) is 0. The highest BCUT2D eigenvalue weighted by Gasteiger charge is 1.93. The molecule has 4 nitrogen and oxygen atoms in total. The third-order valence-electron chi connectivity index (χ3n) is 2.13. The average molecular weight is 272 g/mol. The number of benzene rings is 2. The number of carbonyl (C=O) groups excluding carboxylic acids is 2. The van der Waals surface area contributed by atoms with Crippen LogP contribution in [0.3, 0.4) is 0 Å². The molecular weight excluding hydrogens is 256 g/mol. The predicted molar refractivity (Wildman–Crippen MR) is 78.2 cm³/mol. The van der Waals surface area contributed by atoms with Gasteiger partial charge in [0.2, 0.25) is 0 Å². The number of aromatic hydroxyl groups is 2. The summed E-state index contributed by atoms with van der Waals surface area (Å²) >= 11 is 0. The van der Waals surface area contributed by atoms with Gasteiger partial charge < -0.3 is 10.2 Å². The molecule has 0 saturated carbocycles. The molecule has 0 saturated heterocycles. The van der Waals surface area contributed by atoms with Crippen molar-refractivity contribution in [3.05, 3.63) is 72.8 Å². The standard InChI is InChI=1S/2C7H6O2.C2H4/c2*8-5-6-3-1-2-4-7(6)9;1-2/h2*1-5,9H;1-2H2. The second kappa shape index (κ2) is 10.1. The number of phenolic OH excluding ortho intramolecular Hbond substituents is 2. The molecule has 2 aromatic carbocycles. The molecular formula is C16H16O4. The third-order valence-corrected chi connectivity index (χ3v) is 2.13. The lowest BCUT2D eigenvalue weighted by Crippen LogP contribution is -1.77. The summed E-state index contributed by atoms with van der Waals surface area (Å²) < 4.78 is 0. The van der Waals surface area contributed by atoms with Gasteiger partial charge in [0, 0.05) is 0 Å². The summed E-state index contributed by atoms with van der Waals surface area (Å²) in [6, 6.07) is 12.8. The lowest BCUT2D eigenvalue weighted by atomic mass is 10.2. The lowest BCUT2D eigenvalue weighted by Gasteiger charge is -1.91. The fourth-order valence-electron chi connectivity index (χ4n) is 1.17. The van der Waals surface area contributed by atoms with Crippen molar-refractivity contribution < 1.29 is 19.8 Å². The monoisotopic (exact) mass is 272 g/mol. The minimum Gasteiger partial charge on any atom is -0.507 e. The van der Waals surface area contributed by atoms with Gasteiger partial charge in [0.1, 0.15) is 11.5 Å². The van der Waals surface area contributed by atoms with Gasteiger partial charge in [-0.2, -0.15) is 0 Å². The van der Waals surface area contributed by atoms with E-state index in [1.165, 1.54) is 12.1 Å². The first-order chi connectivity index (χ1) is 9.69. The fourth-order valence-corrected chi connectivity index (χ4v) is 1.17. The maximum Gasteiger partial charge on any atom is 0.153 e. The van der Waals surface area contributed by atoms with E-state index in [1.807, 2.05) is 0 Å². The molecule has 2 aromatic rings. The first-order valence-electron chi connectivity index (χ1n) is 5.65. The van der Waals surface area contributed by atoms with E-state index in [1.54, 1.807) is 36.4 Å². The highest BCUT2D eigenvalue weighted by Crippen LogP contribution is 2.12. The van der Waals surface area contributed by atoms with Crippen LogP contribution in [0.5, 0.6) is 11.5 Å². The van der Waals surface area contributed by atoms with Crippen molar-refractivity contribution in [1.29, 1.82) is 0 Å². The molecule has 2 rings (SSSR count). The molecule has 0 bridgehead atoms. The minimum absolute atomic E-state index is 0.0347. The largest absolute Gasteiger partial charge is 0.507 e. The lowest BCUT2D eigenvalue weighted by molar-refractivity contribution is 0.111. The minimum atomic E-state index is 0.0347. The Morgan fingerprint density at radius 1 is 0.700 bits per heavy atom. The van der Waals surface area contributed by atoms with Gasteiger partial charge in [-0.25, -0.2) is 0 Å². The van der Waals surface area contributed by atoms with Gasteiger partial charge in [-0.15, -0.1) is 13.2 Å². The number of aldehydes is 2. The summed E-state index contributed by atoms with van der Waals surface area (Å²) in [5, 5.41) is 17.8. The van der Waals surface area contributed by atoms with Gasteiger partial charge in [0.05, 0.1) is 11.1 Å². The Labute approximate surface area is 117 Å². The Balaban J connectivity index is 0.000000321. The van der Waals surface area contributed by atoms with Crippen LogP contribution in [-0.4, -0.2) is 22.8 Å². The van der Waals surface area contributed by atoms with Gasteiger partial charge in [-0.05, 0) is 24.3 Å². The molecule has 0 amide bonds. The molecule has 0 heterocycles. The van der Waals surface area contributed by atoms with Crippen LogP contribution in [0, 0.1) is 0 Å². The van der Waals surface area contributed by atoms with E-state index in [-0.39, 0.29) is 11.5 Å². The molecule has 0 aliphatic heterocycles. The van der Waals surface area contributed by atoms with Crippen LogP contribution in [0.2, 0.25) is 0 Å². The normalized spacial score (nSPS) is 8.20. The zero-order chi connectivity index (χ0) is 15.4. The third kappa shape index (κ3) is 5.64. The summed E-state index contributed by atoms with van der Waals surface area (Å²) in [5.41, 5.74) is 0.662. The number of carbonyl (C=O) groups is 2. The Morgan fingerprint density at radius 3 is 1.20 bits per heavy atom. The maximum absolute atomic E-state index is 10.1. The molecule has 0 unspecified atom stereocenters. The Morgan fingerprint density at radius 2 is 1.00 bits per heavy atom. The zero-order valence-electron chi connectivity index (χ0n) is 10.9. The zero-order valence-corrected chi connectivity index (χ0v) is 10.9. The van der Waals surface area contributed by atoms with Crippen molar-refractivity contribution in [2.75, 3.05) is 0 Å². The van der Waals surface area contributed by atoms with Crippen molar-refractivity contribution in [3.63, 3.8) is 0 Å². The van der Waals surface area contributed by atoms with Crippen molar-refractivity contribution in [3.8, 4) is 11.5 Å². The number of rotatable bonds is 2. The molecule has 0 aliphatic rings.